The molecule has 17 heavy (non-hydrogen) atoms. The summed E-state index contributed by atoms with van der Waals surface area (Å²) in [6.45, 7) is 1.81. The second-order valence-corrected chi connectivity index (χ2v) is 5.56. The van der Waals surface area contributed by atoms with E-state index in [4.69, 9.17) is 14.5 Å². The van der Waals surface area contributed by atoms with Crippen LogP contribution in [0.15, 0.2) is 5.38 Å². The molecule has 0 aliphatic carbocycles. The lowest BCUT2D eigenvalue weighted by molar-refractivity contribution is 0.111. The minimum absolute atomic E-state index is 0.244. The average Bonchev–Trinajstić information content (AvgIpc) is 3.09. The highest BCUT2D eigenvalue weighted by molar-refractivity contribution is 7.09. The van der Waals surface area contributed by atoms with E-state index in [2.05, 4.69) is 10.7 Å². The Morgan fingerprint density at radius 2 is 2.53 bits per heavy atom. The lowest BCUT2D eigenvalue weighted by Gasteiger charge is -2.07. The third kappa shape index (κ3) is 2.38. The maximum Gasteiger partial charge on any atom is 0.122 e. The third-order valence-corrected chi connectivity index (χ3v) is 4.48. The van der Waals surface area contributed by atoms with Gasteiger partial charge in [0.15, 0.2) is 0 Å². The first-order chi connectivity index (χ1) is 8.36. The van der Waals surface area contributed by atoms with Gasteiger partial charge >= 0.3 is 0 Å². The Labute approximate surface area is 105 Å². The molecule has 0 aromatic carbocycles. The Morgan fingerprint density at radius 3 is 3.24 bits per heavy atom. The van der Waals surface area contributed by atoms with E-state index in [9.17, 15) is 0 Å². The van der Waals surface area contributed by atoms with E-state index in [1.165, 1.54) is 0 Å². The number of thiazole rings is 1. The number of ether oxygens (including phenoxy) is 2. The second-order valence-electron chi connectivity index (χ2n) is 4.67. The molecule has 3 atom stereocenters. The molecule has 0 radical (unpaired) electrons. The number of rotatable bonds is 3. The molecule has 2 fully saturated rings. The van der Waals surface area contributed by atoms with Crippen LogP contribution in [0.2, 0.25) is 0 Å². The molecular formula is C12H18N2O2S. The summed E-state index contributed by atoms with van der Waals surface area (Å²) in [4.78, 5) is 4.72. The molecule has 3 unspecified atom stereocenters. The quantitative estimate of drug-likeness (QED) is 0.896. The Bertz CT molecular complexity index is 376. The Morgan fingerprint density at radius 1 is 1.59 bits per heavy atom. The van der Waals surface area contributed by atoms with Crippen molar-refractivity contribution in [2.75, 3.05) is 20.3 Å². The molecule has 2 saturated heterocycles. The van der Waals surface area contributed by atoms with Gasteiger partial charge in [0.1, 0.15) is 11.1 Å². The topological polar surface area (TPSA) is 43.4 Å². The fraction of sp³-hybridized carbons (Fsp3) is 0.750. The Kier molecular flexibility index (Phi) is 3.42. The van der Waals surface area contributed by atoms with Crippen LogP contribution in [-0.2, 0) is 9.47 Å². The first kappa shape index (κ1) is 11.6. The van der Waals surface area contributed by atoms with Gasteiger partial charge in [0, 0.05) is 25.6 Å². The normalized spacial score (nSPS) is 33.4. The fourth-order valence-corrected chi connectivity index (χ4v) is 3.44. The SMILES string of the molecule is COC1CNC(c2csc(C3CCCO3)n2)C1. The molecule has 1 aromatic heterocycles. The maximum absolute atomic E-state index is 5.66. The minimum Gasteiger partial charge on any atom is -0.380 e. The van der Waals surface area contributed by atoms with E-state index in [1.54, 1.807) is 18.4 Å². The molecule has 2 aliphatic rings. The summed E-state index contributed by atoms with van der Waals surface area (Å²) in [5, 5.41) is 6.75. The minimum atomic E-state index is 0.244. The molecule has 3 heterocycles. The number of methoxy groups -OCH3 is 1. The van der Waals surface area contributed by atoms with Crippen molar-refractivity contribution in [3.63, 3.8) is 0 Å². The summed E-state index contributed by atoms with van der Waals surface area (Å²) in [5.74, 6) is 0. The van der Waals surface area contributed by atoms with Crippen LogP contribution in [0.3, 0.4) is 0 Å². The number of hydrogen-bond donors (Lipinski definition) is 1. The van der Waals surface area contributed by atoms with Gasteiger partial charge in [-0.1, -0.05) is 0 Å². The first-order valence-electron chi connectivity index (χ1n) is 6.20. The highest BCUT2D eigenvalue weighted by Gasteiger charge is 2.28. The van der Waals surface area contributed by atoms with Crippen molar-refractivity contribution in [3.05, 3.63) is 16.1 Å². The van der Waals surface area contributed by atoms with E-state index in [-0.39, 0.29) is 6.10 Å². The molecule has 0 amide bonds. The fourth-order valence-electron chi connectivity index (χ4n) is 2.49. The molecule has 0 spiro atoms. The van der Waals surface area contributed by atoms with Crippen molar-refractivity contribution in [1.29, 1.82) is 0 Å². The number of aromatic nitrogens is 1. The average molecular weight is 254 g/mol. The summed E-state index contributed by atoms with van der Waals surface area (Å²) in [7, 11) is 1.77. The van der Waals surface area contributed by atoms with Crippen LogP contribution in [0.5, 0.6) is 0 Å². The Hall–Kier alpha value is -0.490. The molecular weight excluding hydrogens is 236 g/mol. The molecule has 2 aliphatic heterocycles. The number of nitrogens with one attached hydrogen (secondary N) is 1. The van der Waals surface area contributed by atoms with Gasteiger partial charge in [-0.15, -0.1) is 11.3 Å². The van der Waals surface area contributed by atoms with Gasteiger partial charge in [0.05, 0.1) is 17.8 Å². The standard InChI is InChI=1S/C12H18N2O2S/c1-15-8-5-9(13-6-8)10-7-17-12(14-10)11-3-2-4-16-11/h7-9,11,13H,2-6H2,1H3. The predicted molar refractivity (Wildman–Crippen MR) is 66.2 cm³/mol. The van der Waals surface area contributed by atoms with Gasteiger partial charge in [-0.05, 0) is 19.3 Å². The van der Waals surface area contributed by atoms with Crippen LogP contribution in [0.4, 0.5) is 0 Å². The van der Waals surface area contributed by atoms with Crippen LogP contribution < -0.4 is 5.32 Å². The molecule has 1 aromatic rings. The predicted octanol–water partition coefficient (Wildman–Crippen LogP) is 2.04. The lowest BCUT2D eigenvalue weighted by Crippen LogP contribution is -2.16. The van der Waals surface area contributed by atoms with Crippen molar-refractivity contribution in [1.82, 2.24) is 10.3 Å². The van der Waals surface area contributed by atoms with Gasteiger partial charge in [-0.25, -0.2) is 4.98 Å². The highest BCUT2D eigenvalue weighted by atomic mass is 32.1. The molecule has 5 heteroatoms. The van der Waals surface area contributed by atoms with E-state index >= 15 is 0 Å². The largest absolute Gasteiger partial charge is 0.380 e. The summed E-state index contributed by atoms with van der Waals surface area (Å²) in [6, 6.07) is 0.353. The van der Waals surface area contributed by atoms with Gasteiger partial charge in [0.25, 0.3) is 0 Å². The van der Waals surface area contributed by atoms with Crippen molar-refractivity contribution >= 4 is 11.3 Å². The van der Waals surface area contributed by atoms with Crippen LogP contribution >= 0.6 is 11.3 Å². The van der Waals surface area contributed by atoms with Crippen LogP contribution in [0.25, 0.3) is 0 Å². The highest BCUT2D eigenvalue weighted by Crippen LogP contribution is 2.33. The number of nitrogens with zero attached hydrogens (tertiary/aromatic N) is 1. The molecule has 0 saturated carbocycles. The first-order valence-corrected chi connectivity index (χ1v) is 7.08. The number of hydrogen-bond acceptors (Lipinski definition) is 5. The van der Waals surface area contributed by atoms with Crippen LogP contribution in [-0.4, -0.2) is 31.3 Å². The summed E-state index contributed by atoms with van der Waals surface area (Å²) in [6.07, 6.45) is 3.87. The summed E-state index contributed by atoms with van der Waals surface area (Å²) in [5.41, 5.74) is 1.15. The molecule has 0 bridgehead atoms. The van der Waals surface area contributed by atoms with Crippen LogP contribution in [0.1, 0.15) is 42.1 Å². The van der Waals surface area contributed by atoms with E-state index in [0.29, 0.717) is 12.1 Å². The summed E-state index contributed by atoms with van der Waals surface area (Å²) >= 11 is 1.73. The van der Waals surface area contributed by atoms with Crippen molar-refractivity contribution < 1.29 is 9.47 Å². The van der Waals surface area contributed by atoms with Gasteiger partial charge in [0.2, 0.25) is 0 Å². The van der Waals surface area contributed by atoms with E-state index in [0.717, 1.165) is 43.1 Å². The monoisotopic (exact) mass is 254 g/mol. The zero-order valence-corrected chi connectivity index (χ0v) is 10.8. The van der Waals surface area contributed by atoms with E-state index in [1.807, 2.05) is 0 Å². The zero-order valence-electron chi connectivity index (χ0n) is 10.0. The van der Waals surface area contributed by atoms with Crippen molar-refractivity contribution in [2.24, 2.45) is 0 Å². The zero-order chi connectivity index (χ0) is 11.7. The van der Waals surface area contributed by atoms with Gasteiger partial charge < -0.3 is 14.8 Å². The Balaban J connectivity index is 1.68. The lowest BCUT2D eigenvalue weighted by atomic mass is 10.1. The molecule has 94 valence electrons. The van der Waals surface area contributed by atoms with Crippen molar-refractivity contribution in [3.8, 4) is 0 Å². The molecule has 4 nitrogen and oxygen atoms in total. The van der Waals surface area contributed by atoms with Crippen molar-refractivity contribution in [2.45, 2.75) is 37.5 Å². The third-order valence-electron chi connectivity index (χ3n) is 3.53. The smallest absolute Gasteiger partial charge is 0.122 e. The molecule has 1 N–H and O–H groups in total. The summed E-state index contributed by atoms with van der Waals surface area (Å²) < 4.78 is 11.0. The van der Waals surface area contributed by atoms with Gasteiger partial charge in [-0.2, -0.15) is 0 Å². The van der Waals surface area contributed by atoms with E-state index < -0.39 is 0 Å². The second kappa shape index (κ2) is 5.02. The van der Waals surface area contributed by atoms with Crippen LogP contribution in [0, 0.1) is 0 Å². The van der Waals surface area contributed by atoms with Gasteiger partial charge in [-0.3, -0.25) is 0 Å². The molecule has 3 rings (SSSR count). The maximum atomic E-state index is 5.66.